The summed E-state index contributed by atoms with van der Waals surface area (Å²) >= 11 is 0. The van der Waals surface area contributed by atoms with Gasteiger partial charge in [0, 0.05) is 30.9 Å². The first-order valence-electron chi connectivity index (χ1n) is 7.95. The molecule has 1 N–H and O–H groups in total. The van der Waals surface area contributed by atoms with Gasteiger partial charge in [0.2, 0.25) is 0 Å². The van der Waals surface area contributed by atoms with Gasteiger partial charge in [-0.15, -0.1) is 0 Å². The first-order valence-corrected chi connectivity index (χ1v) is 7.95. The normalized spacial score (nSPS) is 17.6. The Hall–Kier alpha value is -1.02. The highest BCUT2D eigenvalue weighted by Crippen LogP contribution is 2.26. The van der Waals surface area contributed by atoms with Crippen LogP contribution >= 0.6 is 0 Å². The van der Waals surface area contributed by atoms with E-state index in [2.05, 4.69) is 63.0 Å². The average Bonchev–Trinajstić information content (AvgIpc) is 2.37. The standard InChI is InChI=1S/C18H30N2/c1-14-8-10-20(11-9-14)17-7-6-16(12-15(17)2)13-19-18(3,4)5/h6-7,12,14,19H,8-11,13H2,1-5H3. The predicted octanol–water partition coefficient (Wildman–Crippen LogP) is 4.12. The smallest absolute Gasteiger partial charge is 0.0396 e. The Bertz CT molecular complexity index is 437. The highest BCUT2D eigenvalue weighted by atomic mass is 15.1. The van der Waals surface area contributed by atoms with Crippen molar-refractivity contribution in [1.29, 1.82) is 0 Å². The van der Waals surface area contributed by atoms with Crippen molar-refractivity contribution < 1.29 is 0 Å². The van der Waals surface area contributed by atoms with Crippen LogP contribution in [0.5, 0.6) is 0 Å². The molecule has 0 saturated carbocycles. The van der Waals surface area contributed by atoms with Gasteiger partial charge >= 0.3 is 0 Å². The summed E-state index contributed by atoms with van der Waals surface area (Å²) in [5.41, 5.74) is 4.39. The molecule has 112 valence electrons. The quantitative estimate of drug-likeness (QED) is 0.892. The maximum Gasteiger partial charge on any atom is 0.0396 e. The van der Waals surface area contributed by atoms with Gasteiger partial charge in [-0.2, -0.15) is 0 Å². The maximum atomic E-state index is 3.56. The van der Waals surface area contributed by atoms with Gasteiger partial charge in [0.15, 0.2) is 0 Å². The summed E-state index contributed by atoms with van der Waals surface area (Å²) in [6.07, 6.45) is 2.65. The van der Waals surface area contributed by atoms with Crippen molar-refractivity contribution in [1.82, 2.24) is 5.32 Å². The molecule has 0 unspecified atom stereocenters. The summed E-state index contributed by atoms with van der Waals surface area (Å²) in [6, 6.07) is 6.93. The van der Waals surface area contributed by atoms with Crippen molar-refractivity contribution in [2.75, 3.05) is 18.0 Å². The van der Waals surface area contributed by atoms with Crippen LogP contribution in [0, 0.1) is 12.8 Å². The van der Waals surface area contributed by atoms with Gasteiger partial charge in [-0.3, -0.25) is 0 Å². The van der Waals surface area contributed by atoms with Crippen LogP contribution in [0.3, 0.4) is 0 Å². The fourth-order valence-electron chi connectivity index (χ4n) is 2.80. The second-order valence-electron chi connectivity index (χ2n) is 7.39. The van der Waals surface area contributed by atoms with E-state index in [0.717, 1.165) is 12.5 Å². The molecule has 2 nitrogen and oxygen atoms in total. The molecule has 1 saturated heterocycles. The molecule has 1 aliphatic rings. The number of aryl methyl sites for hydroxylation is 1. The fourth-order valence-corrected chi connectivity index (χ4v) is 2.80. The van der Waals surface area contributed by atoms with Crippen LogP contribution in [0.1, 0.15) is 51.7 Å². The topological polar surface area (TPSA) is 15.3 Å². The first kappa shape index (κ1) is 15.4. The highest BCUT2D eigenvalue weighted by Gasteiger charge is 2.17. The second kappa shape index (κ2) is 6.17. The monoisotopic (exact) mass is 274 g/mol. The molecular formula is C18H30N2. The number of rotatable bonds is 3. The van der Waals surface area contributed by atoms with Gasteiger partial charge in [0.05, 0.1) is 0 Å². The summed E-state index contributed by atoms with van der Waals surface area (Å²) in [7, 11) is 0. The zero-order valence-electron chi connectivity index (χ0n) is 13.8. The lowest BCUT2D eigenvalue weighted by Crippen LogP contribution is -2.35. The molecular weight excluding hydrogens is 244 g/mol. The van der Waals surface area contributed by atoms with Crippen LogP contribution in [0.15, 0.2) is 18.2 Å². The summed E-state index contributed by atoms with van der Waals surface area (Å²) in [5.74, 6) is 0.891. The van der Waals surface area contributed by atoms with Gasteiger partial charge in [-0.05, 0) is 63.6 Å². The largest absolute Gasteiger partial charge is 0.371 e. The third kappa shape index (κ3) is 4.24. The van der Waals surface area contributed by atoms with E-state index >= 15 is 0 Å². The van der Waals surface area contributed by atoms with Crippen molar-refractivity contribution in [2.45, 2.75) is 59.5 Å². The number of nitrogens with zero attached hydrogens (tertiary/aromatic N) is 1. The molecule has 0 aliphatic carbocycles. The summed E-state index contributed by atoms with van der Waals surface area (Å²) in [4.78, 5) is 2.55. The second-order valence-corrected chi connectivity index (χ2v) is 7.39. The SMILES string of the molecule is Cc1cc(CNC(C)(C)C)ccc1N1CCC(C)CC1. The molecule has 1 aromatic rings. The Labute approximate surface area is 124 Å². The first-order chi connectivity index (χ1) is 9.35. The molecule has 1 fully saturated rings. The number of nitrogens with one attached hydrogen (secondary N) is 1. The Morgan fingerprint density at radius 3 is 2.40 bits per heavy atom. The van der Waals surface area contributed by atoms with Gasteiger partial charge < -0.3 is 10.2 Å². The Morgan fingerprint density at radius 1 is 1.20 bits per heavy atom. The van der Waals surface area contributed by atoms with E-state index in [4.69, 9.17) is 0 Å². The van der Waals surface area contributed by atoms with Crippen LogP contribution in [0.25, 0.3) is 0 Å². The summed E-state index contributed by atoms with van der Waals surface area (Å²) < 4.78 is 0. The predicted molar refractivity (Wildman–Crippen MR) is 88.4 cm³/mol. The van der Waals surface area contributed by atoms with Gasteiger partial charge in [-0.1, -0.05) is 19.1 Å². The maximum absolute atomic E-state index is 3.56. The summed E-state index contributed by atoms with van der Waals surface area (Å²) in [5, 5.41) is 3.56. The number of hydrogen-bond donors (Lipinski definition) is 1. The molecule has 2 heteroatoms. The van der Waals surface area contributed by atoms with Crippen LogP contribution < -0.4 is 10.2 Å². The minimum atomic E-state index is 0.176. The molecule has 2 rings (SSSR count). The molecule has 0 spiro atoms. The molecule has 0 aromatic heterocycles. The number of piperidine rings is 1. The van der Waals surface area contributed by atoms with Gasteiger partial charge in [-0.25, -0.2) is 0 Å². The summed E-state index contributed by atoms with van der Waals surface area (Å²) in [6.45, 7) is 14.6. The lowest BCUT2D eigenvalue weighted by molar-refractivity contribution is 0.424. The molecule has 0 amide bonds. The number of hydrogen-bond acceptors (Lipinski definition) is 2. The molecule has 0 atom stereocenters. The highest BCUT2D eigenvalue weighted by molar-refractivity contribution is 5.54. The van der Waals surface area contributed by atoms with Crippen molar-refractivity contribution in [3.05, 3.63) is 29.3 Å². The average molecular weight is 274 g/mol. The van der Waals surface area contributed by atoms with Crippen LogP contribution in [0.2, 0.25) is 0 Å². The van der Waals surface area contributed by atoms with E-state index in [1.165, 1.54) is 42.7 Å². The van der Waals surface area contributed by atoms with Crippen LogP contribution in [0.4, 0.5) is 5.69 Å². The molecule has 1 aromatic carbocycles. The minimum absolute atomic E-state index is 0.176. The third-order valence-corrected chi connectivity index (χ3v) is 4.21. The van der Waals surface area contributed by atoms with E-state index in [0.29, 0.717) is 0 Å². The Morgan fingerprint density at radius 2 is 1.85 bits per heavy atom. The van der Waals surface area contributed by atoms with Gasteiger partial charge in [0.1, 0.15) is 0 Å². The van der Waals surface area contributed by atoms with Gasteiger partial charge in [0.25, 0.3) is 0 Å². The number of benzene rings is 1. The van der Waals surface area contributed by atoms with Crippen molar-refractivity contribution >= 4 is 5.69 Å². The fraction of sp³-hybridized carbons (Fsp3) is 0.667. The van der Waals surface area contributed by atoms with Crippen molar-refractivity contribution in [3.63, 3.8) is 0 Å². The lowest BCUT2D eigenvalue weighted by atomic mass is 9.97. The van der Waals surface area contributed by atoms with E-state index in [1.54, 1.807) is 0 Å². The van der Waals surface area contributed by atoms with E-state index in [-0.39, 0.29) is 5.54 Å². The van der Waals surface area contributed by atoms with Crippen LogP contribution in [-0.2, 0) is 6.54 Å². The molecule has 0 bridgehead atoms. The Kier molecular flexibility index (Phi) is 4.74. The molecule has 1 aliphatic heterocycles. The molecule has 1 heterocycles. The zero-order valence-corrected chi connectivity index (χ0v) is 13.8. The molecule has 20 heavy (non-hydrogen) atoms. The Balaban J connectivity index is 2.02. The van der Waals surface area contributed by atoms with Crippen molar-refractivity contribution in [2.24, 2.45) is 5.92 Å². The van der Waals surface area contributed by atoms with Crippen molar-refractivity contribution in [3.8, 4) is 0 Å². The minimum Gasteiger partial charge on any atom is -0.371 e. The third-order valence-electron chi connectivity index (χ3n) is 4.21. The number of anilines is 1. The molecule has 0 radical (unpaired) electrons. The van der Waals surface area contributed by atoms with E-state index < -0.39 is 0 Å². The van der Waals surface area contributed by atoms with E-state index in [1.807, 2.05) is 0 Å². The van der Waals surface area contributed by atoms with E-state index in [9.17, 15) is 0 Å². The lowest BCUT2D eigenvalue weighted by Gasteiger charge is -2.33. The zero-order chi connectivity index (χ0) is 14.8. The van der Waals surface area contributed by atoms with Crippen LogP contribution in [-0.4, -0.2) is 18.6 Å².